The van der Waals surface area contributed by atoms with Crippen molar-refractivity contribution in [3.8, 4) is 0 Å². The summed E-state index contributed by atoms with van der Waals surface area (Å²) in [7, 11) is 0. The third-order valence-corrected chi connectivity index (χ3v) is 14.4. The van der Waals surface area contributed by atoms with Crippen LogP contribution >= 0.6 is 11.8 Å². The van der Waals surface area contributed by atoms with Crippen LogP contribution in [-0.4, -0.2) is 169 Å². The SMILES string of the molecule is CSCC[C@H](NC(=O)[C@H](C)NC(=O)[C@@H](NC(=O)[C@H](CC(C)C)NC(=O)[C@@H](N)Cc1c[nH]c2ccccc12)[C@@H](C)O)C(=O)N[C@@H](CC(C)C)C(=O)N[C@@H](CCC(=O)O)C(=O)N[C@@H](Cc1c[nH]c2ccccc12)C(=O)N[C@@H](CCCN=C(N)N)C(=O)O. The van der Waals surface area contributed by atoms with Gasteiger partial charge in [0.2, 0.25) is 47.3 Å². The van der Waals surface area contributed by atoms with Gasteiger partial charge in [-0.1, -0.05) is 64.1 Å². The smallest absolute Gasteiger partial charge is 0.326 e. The summed E-state index contributed by atoms with van der Waals surface area (Å²) in [6.45, 7) is 9.78. The molecule has 0 bridgehead atoms. The first-order chi connectivity index (χ1) is 40.2. The quantitative estimate of drug-likeness (QED) is 0.0160. The summed E-state index contributed by atoms with van der Waals surface area (Å²) in [5.41, 5.74) is 20.0. The number of rotatable bonds is 36. The number of amides is 8. The second-order valence-electron chi connectivity index (χ2n) is 21.8. The van der Waals surface area contributed by atoms with Gasteiger partial charge < -0.3 is 85.0 Å². The number of benzene rings is 2. The number of nitrogens with two attached hydrogens (primary N) is 3. The Bertz CT molecular complexity index is 2980. The van der Waals surface area contributed by atoms with Gasteiger partial charge in [0.25, 0.3) is 0 Å². The zero-order chi connectivity index (χ0) is 63.1. The Kier molecular flexibility index (Phi) is 27.6. The molecule has 2 heterocycles. The molecule has 0 fully saturated rings. The van der Waals surface area contributed by atoms with E-state index in [-0.39, 0.29) is 69.3 Å². The van der Waals surface area contributed by atoms with E-state index in [4.69, 9.17) is 17.2 Å². The van der Waals surface area contributed by atoms with Crippen LogP contribution in [-0.2, 0) is 60.8 Å². The van der Waals surface area contributed by atoms with Gasteiger partial charge in [0.15, 0.2) is 5.96 Å². The number of aliphatic hydroxyl groups is 1. The highest BCUT2D eigenvalue weighted by Gasteiger charge is 2.36. The number of nitrogens with one attached hydrogen (secondary N) is 10. The van der Waals surface area contributed by atoms with E-state index >= 15 is 0 Å². The number of hydrogen-bond acceptors (Lipinski definition) is 14. The fraction of sp³-hybridized carbons (Fsp3) is 0.526. The van der Waals surface area contributed by atoms with Gasteiger partial charge in [0.1, 0.15) is 48.3 Å². The molecule has 466 valence electrons. The maximum atomic E-state index is 14.3. The lowest BCUT2D eigenvalue weighted by Crippen LogP contribution is -2.61. The number of aromatic amines is 2. The summed E-state index contributed by atoms with van der Waals surface area (Å²) in [6.07, 6.45) is 2.72. The number of fused-ring (bicyclic) bond motifs is 2. The number of aliphatic carboxylic acids is 2. The minimum atomic E-state index is -1.62. The maximum absolute atomic E-state index is 14.3. The van der Waals surface area contributed by atoms with Crippen molar-refractivity contribution in [2.75, 3.05) is 18.6 Å². The van der Waals surface area contributed by atoms with Crippen LogP contribution in [0.2, 0.25) is 0 Å². The summed E-state index contributed by atoms with van der Waals surface area (Å²) in [5.74, 6) is -9.86. The van der Waals surface area contributed by atoms with Crippen molar-refractivity contribution < 1.29 is 63.3 Å². The molecular formula is C57H84N14O13S. The Balaban J connectivity index is 1.48. The van der Waals surface area contributed by atoms with E-state index in [1.54, 1.807) is 56.8 Å². The summed E-state index contributed by atoms with van der Waals surface area (Å²) in [6, 6.07) is 2.17. The molecule has 0 saturated heterocycles. The van der Waals surface area contributed by atoms with Crippen molar-refractivity contribution in [1.29, 1.82) is 0 Å². The third-order valence-electron chi connectivity index (χ3n) is 13.8. The molecule has 85 heavy (non-hydrogen) atoms. The molecule has 0 aliphatic rings. The van der Waals surface area contributed by atoms with E-state index < -0.39 is 133 Å². The van der Waals surface area contributed by atoms with E-state index in [0.29, 0.717) is 22.2 Å². The molecular weight excluding hydrogens is 1120 g/mol. The molecule has 19 N–H and O–H groups in total. The molecule has 4 rings (SSSR count). The van der Waals surface area contributed by atoms with E-state index in [2.05, 4.69) is 57.5 Å². The number of carboxylic acids is 2. The predicted molar refractivity (Wildman–Crippen MR) is 321 cm³/mol. The van der Waals surface area contributed by atoms with Crippen LogP contribution in [0.25, 0.3) is 21.8 Å². The molecule has 28 heteroatoms. The Hall–Kier alpha value is -8.24. The second-order valence-corrected chi connectivity index (χ2v) is 22.8. The zero-order valence-corrected chi connectivity index (χ0v) is 49.8. The number of para-hydroxylation sites is 2. The summed E-state index contributed by atoms with van der Waals surface area (Å²) >= 11 is 1.34. The summed E-state index contributed by atoms with van der Waals surface area (Å²) in [5, 5.41) is 52.6. The largest absolute Gasteiger partial charge is 0.481 e. The summed E-state index contributed by atoms with van der Waals surface area (Å²) < 4.78 is 0. The average molecular weight is 1210 g/mol. The van der Waals surface area contributed by atoms with E-state index in [0.717, 1.165) is 16.5 Å². The molecule has 0 saturated carbocycles. The van der Waals surface area contributed by atoms with E-state index in [1.807, 2.05) is 38.1 Å². The van der Waals surface area contributed by atoms with Crippen molar-refractivity contribution in [3.05, 3.63) is 72.1 Å². The Morgan fingerprint density at radius 2 is 1.01 bits per heavy atom. The highest BCUT2D eigenvalue weighted by atomic mass is 32.2. The number of H-pyrrole nitrogens is 2. The highest BCUT2D eigenvalue weighted by Crippen LogP contribution is 2.21. The van der Waals surface area contributed by atoms with E-state index in [9.17, 15) is 63.3 Å². The number of carboxylic acid groups (broad SMARTS) is 2. The number of aliphatic imine (C=N–C) groups is 1. The molecule has 0 spiro atoms. The normalized spacial score (nSPS) is 14.9. The molecule has 0 radical (unpaired) electrons. The first kappa shape index (κ1) is 69.3. The number of nitrogens with zero attached hydrogens (tertiary/aromatic N) is 1. The third kappa shape index (κ3) is 22.4. The molecule has 10 atom stereocenters. The first-order valence-electron chi connectivity index (χ1n) is 28.1. The summed E-state index contributed by atoms with van der Waals surface area (Å²) in [4.78, 5) is 146. The molecule has 27 nitrogen and oxygen atoms in total. The number of carbonyl (C=O) groups excluding carboxylic acids is 8. The van der Waals surface area contributed by atoms with Crippen LogP contribution in [0.1, 0.15) is 97.6 Å². The van der Waals surface area contributed by atoms with Crippen LogP contribution in [0.15, 0.2) is 65.9 Å². The van der Waals surface area contributed by atoms with Crippen LogP contribution in [0.3, 0.4) is 0 Å². The fourth-order valence-electron chi connectivity index (χ4n) is 9.26. The van der Waals surface area contributed by atoms with Gasteiger partial charge in [-0.3, -0.25) is 48.1 Å². The Morgan fingerprint density at radius 1 is 0.553 bits per heavy atom. The van der Waals surface area contributed by atoms with E-state index in [1.165, 1.54) is 25.6 Å². The number of carbonyl (C=O) groups is 10. The number of guanidine groups is 1. The van der Waals surface area contributed by atoms with Crippen molar-refractivity contribution >= 4 is 98.7 Å². The van der Waals surface area contributed by atoms with Gasteiger partial charge >= 0.3 is 11.9 Å². The topological polar surface area (TPSA) is 450 Å². The molecule has 2 aromatic carbocycles. The Labute approximate surface area is 497 Å². The maximum Gasteiger partial charge on any atom is 0.326 e. The molecule has 0 aliphatic heterocycles. The van der Waals surface area contributed by atoms with Gasteiger partial charge in [-0.2, -0.15) is 11.8 Å². The predicted octanol–water partition coefficient (Wildman–Crippen LogP) is -0.111. The zero-order valence-electron chi connectivity index (χ0n) is 49.0. The average Bonchev–Trinajstić information content (AvgIpc) is 3.79. The van der Waals surface area contributed by atoms with Gasteiger partial charge in [-0.25, -0.2) is 4.79 Å². The lowest BCUT2D eigenvalue weighted by molar-refractivity contribution is -0.142. The Morgan fingerprint density at radius 3 is 1.53 bits per heavy atom. The number of hydrogen-bond donors (Lipinski definition) is 16. The highest BCUT2D eigenvalue weighted by molar-refractivity contribution is 7.98. The number of thioether (sulfide) groups is 1. The minimum absolute atomic E-state index is 0.0160. The van der Waals surface area contributed by atoms with Gasteiger partial charge in [0.05, 0.1) is 12.1 Å². The molecule has 0 unspecified atom stereocenters. The van der Waals surface area contributed by atoms with Crippen molar-refractivity contribution in [2.45, 2.75) is 160 Å². The van der Waals surface area contributed by atoms with Crippen molar-refractivity contribution in [3.63, 3.8) is 0 Å². The molecule has 4 aromatic rings. The van der Waals surface area contributed by atoms with Gasteiger partial charge in [-0.15, -0.1) is 0 Å². The molecule has 8 amide bonds. The van der Waals surface area contributed by atoms with Crippen molar-refractivity contribution in [1.82, 2.24) is 52.5 Å². The lowest BCUT2D eigenvalue weighted by Gasteiger charge is -2.28. The fourth-order valence-corrected chi connectivity index (χ4v) is 9.73. The first-order valence-corrected chi connectivity index (χ1v) is 29.5. The van der Waals surface area contributed by atoms with Crippen LogP contribution < -0.4 is 59.7 Å². The monoisotopic (exact) mass is 1200 g/mol. The van der Waals surface area contributed by atoms with Crippen LogP contribution in [0.5, 0.6) is 0 Å². The second kappa shape index (κ2) is 33.9. The van der Waals surface area contributed by atoms with Gasteiger partial charge in [-0.05, 0) is 106 Å². The lowest BCUT2D eigenvalue weighted by atomic mass is 10.0. The minimum Gasteiger partial charge on any atom is -0.481 e. The molecule has 2 aromatic heterocycles. The van der Waals surface area contributed by atoms with Gasteiger partial charge in [0, 0.05) is 53.6 Å². The van der Waals surface area contributed by atoms with Crippen molar-refractivity contribution in [2.24, 2.45) is 34.0 Å². The number of aromatic nitrogens is 2. The molecule has 0 aliphatic carbocycles. The standard InChI is InChI=1S/C57H84N14O13S/c1-29(2)23-43(52(79)66-40(18-19-46(73)74)50(77)70-45(26-34-28-63-39-16-11-9-14-36(34)39)53(80)67-42(56(83)84)17-12-21-61-57(59)60)69-51(78)41(20-22-85-7)65-48(75)31(5)64-55(82)47(32(6)72)71-54(81)44(24-30(3)4)68-49(76)37(58)25-33-27-62-38-15-10-8-13-35(33)38/h8-11,13-16,27-32,37,40-45,47,62-63,72H,12,17-26,58H2,1-7H3,(H,64,82)(H,65,75)(H,66,79)(H,67,80)(H,68,76)(H,69,78)(H,70,77)(H,71,81)(H,73,74)(H,83,84)(H4,59,60,61)/t31-,32+,37-,40-,41-,42-,43-,44-,45-,47-/m0/s1. The van der Waals surface area contributed by atoms with Crippen LogP contribution in [0, 0.1) is 11.8 Å². The van der Waals surface area contributed by atoms with Crippen LogP contribution in [0.4, 0.5) is 0 Å². The number of aliphatic hydroxyl groups excluding tert-OH is 1.